The van der Waals surface area contributed by atoms with E-state index in [9.17, 15) is 14.4 Å². The number of nitrogens with one attached hydrogen (secondary N) is 1. The van der Waals surface area contributed by atoms with Crippen LogP contribution >= 0.6 is 0 Å². The van der Waals surface area contributed by atoms with Gasteiger partial charge in [0.05, 0.1) is 0 Å². The third-order valence-corrected chi connectivity index (χ3v) is 3.13. The molecular weight excluding hydrogens is 210 g/mol. The van der Waals surface area contributed by atoms with E-state index >= 15 is 0 Å². The lowest BCUT2D eigenvalue weighted by molar-refractivity contribution is -0.147. The van der Waals surface area contributed by atoms with Crippen molar-refractivity contribution >= 4 is 17.7 Å². The Balaban J connectivity index is 2.02. The van der Waals surface area contributed by atoms with Crippen LogP contribution in [0.3, 0.4) is 0 Å². The summed E-state index contributed by atoms with van der Waals surface area (Å²) in [5, 5.41) is 2.66. The first-order valence-corrected chi connectivity index (χ1v) is 5.49. The van der Waals surface area contributed by atoms with Crippen molar-refractivity contribution in [3.05, 3.63) is 0 Å². The van der Waals surface area contributed by atoms with E-state index in [0.29, 0.717) is 13.0 Å². The zero-order chi connectivity index (χ0) is 11.7. The number of hydrogen-bond acceptors (Lipinski definition) is 3. The number of hydrogen-bond donors (Lipinski definition) is 2. The maximum Gasteiger partial charge on any atom is 0.245 e. The first kappa shape index (κ1) is 10.9. The Morgan fingerprint density at radius 1 is 1.50 bits per heavy atom. The molecule has 3 N–H and O–H groups in total. The van der Waals surface area contributed by atoms with E-state index in [-0.39, 0.29) is 24.3 Å². The van der Waals surface area contributed by atoms with Crippen LogP contribution in [0.15, 0.2) is 0 Å². The van der Waals surface area contributed by atoms with E-state index in [1.807, 2.05) is 0 Å². The van der Waals surface area contributed by atoms with Gasteiger partial charge < -0.3 is 16.0 Å². The van der Waals surface area contributed by atoms with Gasteiger partial charge in [-0.1, -0.05) is 0 Å². The van der Waals surface area contributed by atoms with Gasteiger partial charge in [0.1, 0.15) is 12.1 Å². The minimum atomic E-state index is -0.575. The summed E-state index contributed by atoms with van der Waals surface area (Å²) >= 11 is 0. The molecule has 0 aromatic carbocycles. The first-order valence-electron chi connectivity index (χ1n) is 5.49. The zero-order valence-corrected chi connectivity index (χ0v) is 8.94. The lowest BCUT2D eigenvalue weighted by atomic mass is 10.0. The standard InChI is InChI=1S/C10H15N3O3/c11-8(14)4-3-6-10(16)13-5-1-2-7(13)9(15)12-6/h6-7H,1-5H2,(H2,11,14)(H,12,15)/t6-,7-/m1/s1. The first-order chi connectivity index (χ1) is 7.59. The topological polar surface area (TPSA) is 92.5 Å². The number of carbonyl (C=O) groups excluding carboxylic acids is 3. The smallest absolute Gasteiger partial charge is 0.245 e. The van der Waals surface area contributed by atoms with Gasteiger partial charge in [-0.3, -0.25) is 14.4 Å². The molecular formula is C10H15N3O3. The SMILES string of the molecule is NC(=O)CC[C@H]1NC(=O)[C@H]2CCCN2C1=O. The van der Waals surface area contributed by atoms with Gasteiger partial charge in [0.15, 0.2) is 0 Å². The number of piperazine rings is 1. The van der Waals surface area contributed by atoms with E-state index in [1.54, 1.807) is 4.90 Å². The van der Waals surface area contributed by atoms with Gasteiger partial charge in [-0.2, -0.15) is 0 Å². The highest BCUT2D eigenvalue weighted by Crippen LogP contribution is 2.23. The van der Waals surface area contributed by atoms with Crippen molar-refractivity contribution in [3.8, 4) is 0 Å². The van der Waals surface area contributed by atoms with Gasteiger partial charge in [-0.25, -0.2) is 0 Å². The minimum Gasteiger partial charge on any atom is -0.370 e. The number of rotatable bonds is 3. The summed E-state index contributed by atoms with van der Waals surface area (Å²) in [6.07, 6.45) is 2.02. The van der Waals surface area contributed by atoms with Crippen LogP contribution in [0.2, 0.25) is 0 Å². The molecule has 2 saturated heterocycles. The molecule has 3 amide bonds. The molecule has 2 aliphatic rings. The van der Waals surface area contributed by atoms with Gasteiger partial charge in [0.2, 0.25) is 17.7 Å². The van der Waals surface area contributed by atoms with Crippen LogP contribution in [0.5, 0.6) is 0 Å². The van der Waals surface area contributed by atoms with Crippen LogP contribution in [0.25, 0.3) is 0 Å². The van der Waals surface area contributed by atoms with Crippen LogP contribution in [0.1, 0.15) is 25.7 Å². The second-order valence-electron chi connectivity index (χ2n) is 4.26. The fourth-order valence-corrected chi connectivity index (χ4v) is 2.32. The molecule has 0 aromatic rings. The summed E-state index contributed by atoms with van der Waals surface area (Å²) < 4.78 is 0. The van der Waals surface area contributed by atoms with Crippen molar-refractivity contribution in [2.24, 2.45) is 5.73 Å². The lowest BCUT2D eigenvalue weighted by Gasteiger charge is -2.34. The van der Waals surface area contributed by atoms with E-state index in [4.69, 9.17) is 5.73 Å². The predicted octanol–water partition coefficient (Wildman–Crippen LogP) is -1.26. The second kappa shape index (κ2) is 4.11. The largest absolute Gasteiger partial charge is 0.370 e. The Bertz CT molecular complexity index is 342. The van der Waals surface area contributed by atoms with Gasteiger partial charge in [0, 0.05) is 13.0 Å². The summed E-state index contributed by atoms with van der Waals surface area (Å²) in [6.45, 7) is 0.643. The molecule has 0 aliphatic carbocycles. The highest BCUT2D eigenvalue weighted by atomic mass is 16.2. The molecule has 6 heteroatoms. The molecule has 0 radical (unpaired) electrons. The normalized spacial score (nSPS) is 28.9. The highest BCUT2D eigenvalue weighted by Gasteiger charge is 2.42. The van der Waals surface area contributed by atoms with E-state index < -0.39 is 11.9 Å². The Kier molecular flexibility index (Phi) is 2.80. The number of carbonyl (C=O) groups is 3. The minimum absolute atomic E-state index is 0.0802. The fourth-order valence-electron chi connectivity index (χ4n) is 2.32. The van der Waals surface area contributed by atoms with Crippen molar-refractivity contribution in [1.82, 2.24) is 10.2 Å². The summed E-state index contributed by atoms with van der Waals surface area (Å²) in [7, 11) is 0. The van der Waals surface area contributed by atoms with Crippen LogP contribution in [0.4, 0.5) is 0 Å². The Morgan fingerprint density at radius 2 is 2.25 bits per heavy atom. The molecule has 16 heavy (non-hydrogen) atoms. The average molecular weight is 225 g/mol. The third kappa shape index (κ3) is 1.87. The summed E-state index contributed by atoms with van der Waals surface area (Å²) in [5.41, 5.74) is 5.02. The maximum atomic E-state index is 11.9. The van der Waals surface area contributed by atoms with Crippen LogP contribution in [-0.4, -0.2) is 41.2 Å². The Morgan fingerprint density at radius 3 is 2.94 bits per heavy atom. The molecule has 0 bridgehead atoms. The van der Waals surface area contributed by atoms with Crippen LogP contribution in [0, 0.1) is 0 Å². The predicted molar refractivity (Wildman–Crippen MR) is 55.1 cm³/mol. The molecule has 0 saturated carbocycles. The second-order valence-corrected chi connectivity index (χ2v) is 4.26. The summed E-state index contributed by atoms with van der Waals surface area (Å²) in [5.74, 6) is -0.638. The Hall–Kier alpha value is -1.59. The molecule has 2 heterocycles. The maximum absolute atomic E-state index is 11.9. The number of fused-ring (bicyclic) bond motifs is 1. The average Bonchev–Trinajstić information content (AvgIpc) is 2.70. The van der Waals surface area contributed by atoms with E-state index in [0.717, 1.165) is 12.8 Å². The van der Waals surface area contributed by atoms with Crippen molar-refractivity contribution in [2.45, 2.75) is 37.8 Å². The van der Waals surface area contributed by atoms with Gasteiger partial charge >= 0.3 is 0 Å². The quantitative estimate of drug-likeness (QED) is 0.628. The van der Waals surface area contributed by atoms with Gasteiger partial charge in [-0.05, 0) is 19.3 Å². The van der Waals surface area contributed by atoms with Gasteiger partial charge in [-0.15, -0.1) is 0 Å². The third-order valence-electron chi connectivity index (χ3n) is 3.13. The summed E-state index contributed by atoms with van der Waals surface area (Å²) in [4.78, 5) is 35.8. The van der Waals surface area contributed by atoms with Gasteiger partial charge in [0.25, 0.3) is 0 Å². The molecule has 2 aliphatic heterocycles. The van der Waals surface area contributed by atoms with Crippen molar-refractivity contribution < 1.29 is 14.4 Å². The molecule has 2 fully saturated rings. The monoisotopic (exact) mass is 225 g/mol. The fraction of sp³-hybridized carbons (Fsp3) is 0.700. The number of nitrogens with zero attached hydrogens (tertiary/aromatic N) is 1. The van der Waals surface area contributed by atoms with Crippen molar-refractivity contribution in [3.63, 3.8) is 0 Å². The number of nitrogens with two attached hydrogens (primary N) is 1. The van der Waals surface area contributed by atoms with Crippen molar-refractivity contribution in [2.75, 3.05) is 6.54 Å². The summed E-state index contributed by atoms with van der Waals surface area (Å²) in [6, 6.07) is -0.869. The number of primary amides is 1. The molecule has 0 aromatic heterocycles. The van der Waals surface area contributed by atoms with Crippen LogP contribution in [-0.2, 0) is 14.4 Å². The number of amides is 3. The molecule has 2 rings (SSSR count). The lowest BCUT2D eigenvalue weighted by Crippen LogP contribution is -2.61. The van der Waals surface area contributed by atoms with E-state index in [2.05, 4.69) is 5.32 Å². The molecule has 88 valence electrons. The molecule has 6 nitrogen and oxygen atoms in total. The van der Waals surface area contributed by atoms with Crippen LogP contribution < -0.4 is 11.1 Å². The highest BCUT2D eigenvalue weighted by molar-refractivity contribution is 5.97. The van der Waals surface area contributed by atoms with E-state index in [1.165, 1.54) is 0 Å². The molecule has 0 spiro atoms. The molecule has 0 unspecified atom stereocenters. The zero-order valence-electron chi connectivity index (χ0n) is 8.94. The Labute approximate surface area is 93.1 Å². The molecule has 2 atom stereocenters. The van der Waals surface area contributed by atoms with Crippen molar-refractivity contribution in [1.29, 1.82) is 0 Å².